The molecule has 2 N–H and O–H groups in total. The minimum absolute atomic E-state index is 0.237. The Labute approximate surface area is 127 Å². The molecule has 0 bridgehead atoms. The Morgan fingerprint density at radius 3 is 2.75 bits per heavy atom. The summed E-state index contributed by atoms with van der Waals surface area (Å²) in [4.78, 5) is 2.79. The number of hydrogen-bond donors (Lipinski definition) is 1. The van der Waals surface area contributed by atoms with Gasteiger partial charge in [0.1, 0.15) is 0 Å². The Morgan fingerprint density at radius 2 is 2.15 bits per heavy atom. The van der Waals surface area contributed by atoms with Crippen LogP contribution in [0.25, 0.3) is 0 Å². The monoisotopic (exact) mass is 292 g/mol. The van der Waals surface area contributed by atoms with Crippen LogP contribution in [0, 0.1) is 11.8 Å². The second-order valence-corrected chi connectivity index (χ2v) is 7.74. The average molecular weight is 292 g/mol. The lowest BCUT2D eigenvalue weighted by atomic mass is 9.67. The fraction of sp³-hybridized carbons (Fsp3) is 0.765. The van der Waals surface area contributed by atoms with Crippen molar-refractivity contribution < 1.29 is 0 Å². The molecule has 0 aliphatic heterocycles. The number of nitrogens with zero attached hydrogens (tertiary/aromatic N) is 1. The summed E-state index contributed by atoms with van der Waals surface area (Å²) < 4.78 is 0. The first kappa shape index (κ1) is 14.6. The van der Waals surface area contributed by atoms with Crippen LogP contribution in [0.2, 0.25) is 0 Å². The minimum Gasteiger partial charge on any atom is -0.329 e. The van der Waals surface area contributed by atoms with Gasteiger partial charge in [0.25, 0.3) is 0 Å². The molecule has 2 aliphatic rings. The van der Waals surface area contributed by atoms with Crippen LogP contribution in [0.1, 0.15) is 51.5 Å². The van der Waals surface area contributed by atoms with Crippen LogP contribution in [0.15, 0.2) is 16.8 Å². The highest BCUT2D eigenvalue weighted by Gasteiger charge is 2.49. The van der Waals surface area contributed by atoms with E-state index in [4.69, 9.17) is 5.73 Å². The Kier molecular flexibility index (Phi) is 4.21. The highest BCUT2D eigenvalue weighted by atomic mass is 32.1. The second kappa shape index (κ2) is 5.78. The third-order valence-corrected chi connectivity index (χ3v) is 6.55. The van der Waals surface area contributed by atoms with Crippen molar-refractivity contribution in [2.75, 3.05) is 6.54 Å². The predicted octanol–water partition coefficient (Wildman–Crippen LogP) is 3.87. The average Bonchev–Trinajstić information content (AvgIpc) is 3.17. The summed E-state index contributed by atoms with van der Waals surface area (Å²) in [6.45, 7) is 6.78. The van der Waals surface area contributed by atoms with Crippen molar-refractivity contribution in [3.63, 3.8) is 0 Å². The first-order valence-electron chi connectivity index (χ1n) is 8.15. The molecule has 1 aromatic rings. The maximum absolute atomic E-state index is 6.35. The predicted molar refractivity (Wildman–Crippen MR) is 86.8 cm³/mol. The summed E-state index contributed by atoms with van der Waals surface area (Å²) in [7, 11) is 0. The van der Waals surface area contributed by atoms with E-state index in [1.54, 1.807) is 0 Å². The van der Waals surface area contributed by atoms with E-state index in [0.717, 1.165) is 25.0 Å². The molecule has 1 heterocycles. The van der Waals surface area contributed by atoms with Crippen molar-refractivity contribution >= 4 is 11.3 Å². The van der Waals surface area contributed by atoms with E-state index in [9.17, 15) is 0 Å². The maximum Gasteiger partial charge on any atom is 0.0366 e. The lowest BCUT2D eigenvalue weighted by molar-refractivity contribution is -0.0226. The van der Waals surface area contributed by atoms with Crippen molar-refractivity contribution in [3.05, 3.63) is 22.4 Å². The fourth-order valence-electron chi connectivity index (χ4n) is 4.16. The minimum atomic E-state index is 0.237. The third-order valence-electron chi connectivity index (χ3n) is 5.82. The van der Waals surface area contributed by atoms with Gasteiger partial charge < -0.3 is 5.73 Å². The van der Waals surface area contributed by atoms with Gasteiger partial charge in [-0.1, -0.05) is 26.7 Å². The number of rotatable bonds is 5. The molecule has 0 spiro atoms. The molecular formula is C17H28N2S. The molecule has 20 heavy (non-hydrogen) atoms. The van der Waals surface area contributed by atoms with Crippen molar-refractivity contribution in [2.24, 2.45) is 17.6 Å². The first-order valence-corrected chi connectivity index (χ1v) is 9.09. The molecule has 3 unspecified atom stereocenters. The Morgan fingerprint density at radius 1 is 1.35 bits per heavy atom. The Balaban J connectivity index is 1.87. The standard InChI is InChI=1S/C17H28N2S/c1-13-4-3-8-17(12-18,14(13)2)19(16-5-6-16)10-15-7-9-20-11-15/h7,9,11,13-14,16H,3-6,8,10,12,18H2,1-2H3. The molecule has 2 nitrogen and oxygen atoms in total. The Hall–Kier alpha value is -0.380. The van der Waals surface area contributed by atoms with Gasteiger partial charge in [0.2, 0.25) is 0 Å². The third kappa shape index (κ3) is 2.56. The van der Waals surface area contributed by atoms with Crippen molar-refractivity contribution in [1.82, 2.24) is 4.90 Å². The van der Waals surface area contributed by atoms with Crippen LogP contribution < -0.4 is 5.73 Å². The summed E-state index contributed by atoms with van der Waals surface area (Å²) in [6, 6.07) is 3.06. The summed E-state index contributed by atoms with van der Waals surface area (Å²) in [5, 5.41) is 4.50. The molecule has 0 saturated heterocycles. The van der Waals surface area contributed by atoms with Crippen molar-refractivity contribution in [2.45, 2.75) is 64.1 Å². The number of thiophene rings is 1. The zero-order valence-corrected chi connectivity index (χ0v) is 13.7. The Bertz CT molecular complexity index is 426. The topological polar surface area (TPSA) is 29.3 Å². The van der Waals surface area contributed by atoms with Gasteiger partial charge in [0.15, 0.2) is 0 Å². The zero-order valence-electron chi connectivity index (χ0n) is 12.8. The molecule has 3 rings (SSSR count). The fourth-order valence-corrected chi connectivity index (χ4v) is 4.82. The molecule has 1 aromatic heterocycles. The SMILES string of the molecule is CC1CCCC(CN)(N(Cc2ccsc2)C2CC2)C1C. The van der Waals surface area contributed by atoms with E-state index in [-0.39, 0.29) is 5.54 Å². The van der Waals surface area contributed by atoms with Gasteiger partial charge in [-0.2, -0.15) is 11.3 Å². The van der Waals surface area contributed by atoms with Crippen LogP contribution >= 0.6 is 11.3 Å². The van der Waals surface area contributed by atoms with E-state index in [2.05, 4.69) is 35.6 Å². The molecule has 0 aromatic carbocycles. The zero-order chi connectivity index (χ0) is 14.2. The van der Waals surface area contributed by atoms with Gasteiger partial charge in [0.05, 0.1) is 0 Å². The summed E-state index contributed by atoms with van der Waals surface area (Å²) >= 11 is 1.81. The molecule has 112 valence electrons. The number of nitrogens with two attached hydrogens (primary N) is 1. The van der Waals surface area contributed by atoms with Crippen LogP contribution in [0.3, 0.4) is 0 Å². The second-order valence-electron chi connectivity index (χ2n) is 6.96. The maximum atomic E-state index is 6.35. The van der Waals surface area contributed by atoms with E-state index in [1.807, 2.05) is 11.3 Å². The van der Waals surface area contributed by atoms with E-state index in [0.29, 0.717) is 5.92 Å². The normalized spacial score (nSPS) is 34.6. The van der Waals surface area contributed by atoms with Crippen LogP contribution in [0.4, 0.5) is 0 Å². The molecule has 0 radical (unpaired) electrons. The molecule has 2 aliphatic carbocycles. The van der Waals surface area contributed by atoms with Gasteiger partial charge in [-0.25, -0.2) is 0 Å². The van der Waals surface area contributed by atoms with Crippen LogP contribution in [-0.4, -0.2) is 23.0 Å². The first-order chi connectivity index (χ1) is 9.67. The van der Waals surface area contributed by atoms with Crippen LogP contribution in [0.5, 0.6) is 0 Å². The van der Waals surface area contributed by atoms with Crippen molar-refractivity contribution in [1.29, 1.82) is 0 Å². The molecule has 3 heteroatoms. The van der Waals surface area contributed by atoms with Crippen LogP contribution in [-0.2, 0) is 6.54 Å². The smallest absolute Gasteiger partial charge is 0.0366 e. The van der Waals surface area contributed by atoms with E-state index < -0.39 is 0 Å². The molecule has 3 atom stereocenters. The summed E-state index contributed by atoms with van der Waals surface area (Å²) in [5.41, 5.74) is 8.06. The van der Waals surface area contributed by atoms with Gasteiger partial charge in [-0.15, -0.1) is 0 Å². The van der Waals surface area contributed by atoms with E-state index in [1.165, 1.54) is 37.7 Å². The van der Waals surface area contributed by atoms with Crippen molar-refractivity contribution in [3.8, 4) is 0 Å². The lowest BCUT2D eigenvalue weighted by Crippen LogP contribution is -2.61. The number of hydrogen-bond acceptors (Lipinski definition) is 3. The van der Waals surface area contributed by atoms with E-state index >= 15 is 0 Å². The molecular weight excluding hydrogens is 264 g/mol. The quantitative estimate of drug-likeness (QED) is 0.892. The van der Waals surface area contributed by atoms with Gasteiger partial charge >= 0.3 is 0 Å². The largest absolute Gasteiger partial charge is 0.329 e. The highest BCUT2D eigenvalue weighted by Crippen LogP contribution is 2.46. The molecule has 2 saturated carbocycles. The summed E-state index contributed by atoms with van der Waals surface area (Å²) in [5.74, 6) is 1.51. The summed E-state index contributed by atoms with van der Waals surface area (Å²) in [6.07, 6.45) is 6.74. The molecule has 2 fully saturated rings. The van der Waals surface area contributed by atoms with Gasteiger partial charge in [-0.05, 0) is 53.5 Å². The van der Waals surface area contributed by atoms with Gasteiger partial charge in [0, 0.05) is 24.7 Å². The van der Waals surface area contributed by atoms with Gasteiger partial charge in [-0.3, -0.25) is 4.90 Å². The highest BCUT2D eigenvalue weighted by molar-refractivity contribution is 7.07. The lowest BCUT2D eigenvalue weighted by Gasteiger charge is -2.52. The molecule has 0 amide bonds.